The number of aromatic nitrogens is 1. The second kappa shape index (κ2) is 11.1. The van der Waals surface area contributed by atoms with Crippen molar-refractivity contribution < 1.29 is 28.7 Å². The van der Waals surface area contributed by atoms with E-state index in [2.05, 4.69) is 15.6 Å². The number of ether oxygens (including phenoxy) is 2. The minimum atomic E-state index is -0.909. The number of pyridine rings is 1. The van der Waals surface area contributed by atoms with Crippen LogP contribution in [-0.4, -0.2) is 64.5 Å². The summed E-state index contributed by atoms with van der Waals surface area (Å²) in [6.07, 6.45) is 1.71. The summed E-state index contributed by atoms with van der Waals surface area (Å²) in [6.45, 7) is 2.20. The standard InChI is InChI=1S/C25H28N4O6/c1-16(27-22(31)18-10-5-6-12-26-18)24(33)29-13-7-11-20(29)23(32)28-19-14-21(30)35-25(19)34-15-17-8-3-2-4-9-17/h2-6,8-10,12,16,19-20,25H,7,11,13-15H2,1H3,(H,27,31)(H,28,32)/t16-,19?,20-,25?/m0/s1. The van der Waals surface area contributed by atoms with Crippen LogP contribution in [0.2, 0.25) is 0 Å². The molecule has 1 aromatic heterocycles. The maximum atomic E-state index is 13.1. The van der Waals surface area contributed by atoms with E-state index >= 15 is 0 Å². The summed E-state index contributed by atoms with van der Waals surface area (Å²) in [5.41, 5.74) is 1.12. The molecule has 2 aliphatic rings. The van der Waals surface area contributed by atoms with Crippen LogP contribution in [0, 0.1) is 0 Å². The Morgan fingerprint density at radius 2 is 1.94 bits per heavy atom. The summed E-state index contributed by atoms with van der Waals surface area (Å²) in [4.78, 5) is 55.8. The second-order valence-corrected chi connectivity index (χ2v) is 8.57. The van der Waals surface area contributed by atoms with E-state index in [0.717, 1.165) is 5.56 Å². The molecule has 0 saturated carbocycles. The number of likely N-dealkylation sites (tertiary alicyclic amines) is 1. The highest BCUT2D eigenvalue weighted by atomic mass is 16.7. The van der Waals surface area contributed by atoms with Crippen molar-refractivity contribution >= 4 is 23.7 Å². The Labute approximate surface area is 203 Å². The maximum absolute atomic E-state index is 13.1. The second-order valence-electron chi connectivity index (χ2n) is 8.57. The third kappa shape index (κ3) is 6.02. The Hall–Kier alpha value is -3.79. The van der Waals surface area contributed by atoms with Crippen LogP contribution in [0.25, 0.3) is 0 Å². The highest BCUT2D eigenvalue weighted by Crippen LogP contribution is 2.22. The molecule has 2 aromatic rings. The summed E-state index contributed by atoms with van der Waals surface area (Å²) < 4.78 is 11.0. The molecule has 2 aliphatic heterocycles. The summed E-state index contributed by atoms with van der Waals surface area (Å²) in [5.74, 6) is -1.66. The molecule has 184 valence electrons. The first kappa shape index (κ1) is 24.3. The zero-order valence-corrected chi connectivity index (χ0v) is 19.4. The number of esters is 1. The molecule has 10 heteroatoms. The summed E-state index contributed by atoms with van der Waals surface area (Å²) >= 11 is 0. The van der Waals surface area contributed by atoms with Crippen LogP contribution in [0.5, 0.6) is 0 Å². The molecule has 2 unspecified atom stereocenters. The van der Waals surface area contributed by atoms with Crippen molar-refractivity contribution in [2.75, 3.05) is 6.54 Å². The van der Waals surface area contributed by atoms with Crippen molar-refractivity contribution in [3.63, 3.8) is 0 Å². The predicted molar refractivity (Wildman–Crippen MR) is 124 cm³/mol. The molecular weight excluding hydrogens is 452 g/mol. The molecule has 3 heterocycles. The van der Waals surface area contributed by atoms with Crippen LogP contribution < -0.4 is 10.6 Å². The fourth-order valence-corrected chi connectivity index (χ4v) is 4.22. The molecule has 4 rings (SSSR count). The summed E-state index contributed by atoms with van der Waals surface area (Å²) in [7, 11) is 0. The molecule has 2 saturated heterocycles. The molecule has 4 atom stereocenters. The molecule has 0 radical (unpaired) electrons. The molecule has 2 fully saturated rings. The van der Waals surface area contributed by atoms with Gasteiger partial charge in [0.2, 0.25) is 18.1 Å². The first-order valence-electron chi connectivity index (χ1n) is 11.6. The Kier molecular flexibility index (Phi) is 7.71. The Bertz CT molecular complexity index is 1060. The van der Waals surface area contributed by atoms with Gasteiger partial charge in [-0.2, -0.15) is 0 Å². The zero-order valence-electron chi connectivity index (χ0n) is 19.4. The average molecular weight is 481 g/mol. The van der Waals surface area contributed by atoms with Crippen molar-refractivity contribution in [2.24, 2.45) is 0 Å². The fourth-order valence-electron chi connectivity index (χ4n) is 4.22. The Balaban J connectivity index is 1.34. The van der Waals surface area contributed by atoms with E-state index in [1.54, 1.807) is 25.1 Å². The number of hydrogen-bond donors (Lipinski definition) is 2. The van der Waals surface area contributed by atoms with Gasteiger partial charge in [-0.05, 0) is 37.5 Å². The average Bonchev–Trinajstić information content (AvgIpc) is 3.50. The minimum absolute atomic E-state index is 0.0115. The van der Waals surface area contributed by atoms with Gasteiger partial charge in [0.15, 0.2) is 0 Å². The van der Waals surface area contributed by atoms with Gasteiger partial charge in [-0.1, -0.05) is 36.4 Å². The largest absolute Gasteiger partial charge is 0.433 e. The lowest BCUT2D eigenvalue weighted by Gasteiger charge is -2.28. The van der Waals surface area contributed by atoms with Gasteiger partial charge >= 0.3 is 5.97 Å². The fraction of sp³-hybridized carbons (Fsp3) is 0.400. The number of carbonyl (C=O) groups excluding carboxylic acids is 4. The molecule has 2 N–H and O–H groups in total. The van der Waals surface area contributed by atoms with Crippen LogP contribution in [0.3, 0.4) is 0 Å². The summed E-state index contributed by atoms with van der Waals surface area (Å²) in [5, 5.41) is 5.47. The van der Waals surface area contributed by atoms with Gasteiger partial charge in [0.05, 0.1) is 13.0 Å². The van der Waals surface area contributed by atoms with Crippen LogP contribution in [-0.2, 0) is 30.5 Å². The molecular formula is C25H28N4O6. The molecule has 10 nitrogen and oxygen atoms in total. The first-order valence-corrected chi connectivity index (χ1v) is 11.6. The Morgan fingerprint density at radius 3 is 2.69 bits per heavy atom. The predicted octanol–water partition coefficient (Wildman–Crippen LogP) is 1.17. The third-order valence-electron chi connectivity index (χ3n) is 6.00. The van der Waals surface area contributed by atoms with Crippen LogP contribution >= 0.6 is 0 Å². The van der Waals surface area contributed by atoms with Gasteiger partial charge in [-0.15, -0.1) is 0 Å². The van der Waals surface area contributed by atoms with Crippen LogP contribution in [0.1, 0.15) is 42.2 Å². The number of nitrogens with one attached hydrogen (secondary N) is 2. The number of nitrogens with zero attached hydrogens (tertiary/aromatic N) is 2. The van der Waals surface area contributed by atoms with E-state index in [0.29, 0.717) is 19.4 Å². The van der Waals surface area contributed by atoms with Crippen molar-refractivity contribution in [1.29, 1.82) is 0 Å². The van der Waals surface area contributed by atoms with Gasteiger partial charge < -0.3 is 25.0 Å². The van der Waals surface area contributed by atoms with E-state index < -0.39 is 36.3 Å². The highest BCUT2D eigenvalue weighted by Gasteiger charge is 2.41. The normalized spacial score (nSPS) is 22.4. The van der Waals surface area contributed by atoms with Gasteiger partial charge in [0.1, 0.15) is 23.8 Å². The number of carbonyl (C=O) groups is 4. The number of hydrogen-bond acceptors (Lipinski definition) is 7. The molecule has 0 aliphatic carbocycles. The van der Waals surface area contributed by atoms with Gasteiger partial charge in [-0.3, -0.25) is 24.2 Å². The lowest BCUT2D eigenvalue weighted by atomic mass is 10.1. The van der Waals surface area contributed by atoms with Crippen molar-refractivity contribution in [1.82, 2.24) is 20.5 Å². The quantitative estimate of drug-likeness (QED) is 0.543. The Morgan fingerprint density at radius 1 is 1.17 bits per heavy atom. The SMILES string of the molecule is C[C@H](NC(=O)c1ccccn1)C(=O)N1CCC[C@H]1C(=O)NC1CC(=O)OC1OCc1ccccc1. The molecule has 1 aromatic carbocycles. The van der Waals surface area contributed by atoms with Gasteiger partial charge in [0.25, 0.3) is 5.91 Å². The highest BCUT2D eigenvalue weighted by molar-refractivity contribution is 5.97. The zero-order chi connectivity index (χ0) is 24.8. The lowest BCUT2D eigenvalue weighted by Crippen LogP contribution is -2.54. The molecule has 35 heavy (non-hydrogen) atoms. The van der Waals surface area contributed by atoms with E-state index in [9.17, 15) is 19.2 Å². The molecule has 0 spiro atoms. The van der Waals surface area contributed by atoms with Crippen LogP contribution in [0.4, 0.5) is 0 Å². The minimum Gasteiger partial charge on any atom is -0.433 e. The molecule has 0 bridgehead atoms. The number of benzene rings is 1. The van der Waals surface area contributed by atoms with Crippen molar-refractivity contribution in [3.8, 4) is 0 Å². The van der Waals surface area contributed by atoms with Gasteiger partial charge in [-0.25, -0.2) is 0 Å². The number of rotatable bonds is 8. The van der Waals surface area contributed by atoms with Crippen LogP contribution in [0.15, 0.2) is 54.7 Å². The van der Waals surface area contributed by atoms with E-state index in [1.807, 2.05) is 30.3 Å². The van der Waals surface area contributed by atoms with Crippen molar-refractivity contribution in [2.45, 2.75) is 57.2 Å². The third-order valence-corrected chi connectivity index (χ3v) is 6.00. The monoisotopic (exact) mass is 480 g/mol. The maximum Gasteiger partial charge on any atom is 0.310 e. The van der Waals surface area contributed by atoms with E-state index in [-0.39, 0.29) is 30.5 Å². The van der Waals surface area contributed by atoms with Gasteiger partial charge in [0, 0.05) is 12.7 Å². The van der Waals surface area contributed by atoms with E-state index in [1.165, 1.54) is 11.1 Å². The van der Waals surface area contributed by atoms with E-state index in [4.69, 9.17) is 9.47 Å². The first-order chi connectivity index (χ1) is 16.9. The lowest BCUT2D eigenvalue weighted by molar-refractivity contribution is -0.168. The van der Waals surface area contributed by atoms with Crippen molar-refractivity contribution in [3.05, 3.63) is 66.0 Å². The smallest absolute Gasteiger partial charge is 0.310 e. The number of cyclic esters (lactones) is 1. The molecule has 3 amide bonds. The topological polar surface area (TPSA) is 127 Å². The number of amides is 3. The summed E-state index contributed by atoms with van der Waals surface area (Å²) in [6, 6.07) is 12.2.